The second-order valence-corrected chi connectivity index (χ2v) is 8.38. The van der Waals surface area contributed by atoms with Gasteiger partial charge in [-0.05, 0) is 32.0 Å². The zero-order valence-electron chi connectivity index (χ0n) is 20.1. The van der Waals surface area contributed by atoms with Crippen LogP contribution in [-0.4, -0.2) is 35.3 Å². The Labute approximate surface area is 212 Å². The van der Waals surface area contributed by atoms with Crippen LogP contribution in [0.5, 0.6) is 0 Å². The number of para-hydroxylation sites is 2. The molecule has 5 rings (SSSR count). The van der Waals surface area contributed by atoms with E-state index in [9.17, 15) is 19.2 Å². The maximum Gasteiger partial charge on any atom is 0.352 e. The SMILES string of the molecule is CCOC(=O)[C@H](OC(=O)c1ccccc1N1C(=O)c2c(C)nc3ccccc3c2C1=O)c1ccccc1. The predicted molar refractivity (Wildman–Crippen MR) is 135 cm³/mol. The fraction of sp³-hybridized carbons (Fsp3) is 0.138. The third kappa shape index (κ3) is 4.12. The molecular formula is C29H22N2O6. The van der Waals surface area contributed by atoms with E-state index in [1.165, 1.54) is 12.1 Å². The number of ether oxygens (including phenoxy) is 2. The van der Waals surface area contributed by atoms with Gasteiger partial charge in [0.05, 0.1) is 40.2 Å². The number of nitrogens with zero attached hydrogens (tertiary/aromatic N) is 2. The van der Waals surface area contributed by atoms with Gasteiger partial charge in [-0.15, -0.1) is 0 Å². The van der Waals surface area contributed by atoms with Crippen molar-refractivity contribution >= 4 is 40.3 Å². The third-order valence-electron chi connectivity index (χ3n) is 6.10. The molecule has 1 aliphatic heterocycles. The Bertz CT molecular complexity index is 1560. The first kappa shape index (κ1) is 23.9. The lowest BCUT2D eigenvalue weighted by atomic mass is 10.0. The lowest BCUT2D eigenvalue weighted by molar-refractivity contribution is -0.153. The van der Waals surface area contributed by atoms with E-state index >= 15 is 0 Å². The quantitative estimate of drug-likeness (QED) is 0.280. The Hall–Kier alpha value is -4.85. The number of hydrogen-bond donors (Lipinski definition) is 0. The van der Waals surface area contributed by atoms with Crippen LogP contribution in [0.3, 0.4) is 0 Å². The summed E-state index contributed by atoms with van der Waals surface area (Å²) in [6, 6.07) is 21.7. The van der Waals surface area contributed by atoms with Crippen molar-refractivity contribution < 1.29 is 28.7 Å². The van der Waals surface area contributed by atoms with E-state index in [2.05, 4.69) is 4.98 Å². The van der Waals surface area contributed by atoms with Crippen LogP contribution < -0.4 is 4.90 Å². The molecule has 2 amide bonds. The summed E-state index contributed by atoms with van der Waals surface area (Å²) in [5.41, 5.74) is 1.89. The van der Waals surface area contributed by atoms with Gasteiger partial charge < -0.3 is 9.47 Å². The molecule has 37 heavy (non-hydrogen) atoms. The molecule has 0 N–H and O–H groups in total. The number of fused-ring (bicyclic) bond motifs is 3. The van der Waals surface area contributed by atoms with E-state index in [4.69, 9.17) is 9.47 Å². The van der Waals surface area contributed by atoms with Crippen LogP contribution in [0.2, 0.25) is 0 Å². The van der Waals surface area contributed by atoms with Crippen LogP contribution in [0.25, 0.3) is 10.9 Å². The van der Waals surface area contributed by atoms with Gasteiger partial charge in [-0.25, -0.2) is 14.5 Å². The number of aryl methyl sites for hydroxylation is 1. The molecule has 0 saturated carbocycles. The molecule has 8 nitrogen and oxygen atoms in total. The van der Waals surface area contributed by atoms with Crippen molar-refractivity contribution in [2.75, 3.05) is 11.5 Å². The van der Waals surface area contributed by atoms with E-state index in [1.54, 1.807) is 80.6 Å². The number of amides is 2. The van der Waals surface area contributed by atoms with E-state index in [1.807, 2.05) is 0 Å². The van der Waals surface area contributed by atoms with Gasteiger partial charge >= 0.3 is 11.9 Å². The normalized spacial score (nSPS) is 13.4. The lowest BCUT2D eigenvalue weighted by Crippen LogP contribution is -2.31. The summed E-state index contributed by atoms with van der Waals surface area (Å²) in [6.07, 6.45) is -1.32. The minimum absolute atomic E-state index is 0.0443. The number of carbonyl (C=O) groups excluding carboxylic acids is 4. The van der Waals surface area contributed by atoms with Gasteiger partial charge in [-0.1, -0.05) is 60.7 Å². The highest BCUT2D eigenvalue weighted by Crippen LogP contribution is 2.36. The Morgan fingerprint density at radius 3 is 2.27 bits per heavy atom. The van der Waals surface area contributed by atoms with Crippen LogP contribution in [-0.2, 0) is 14.3 Å². The van der Waals surface area contributed by atoms with Crippen molar-refractivity contribution in [3.63, 3.8) is 0 Å². The molecule has 3 aromatic carbocycles. The zero-order valence-corrected chi connectivity index (χ0v) is 20.1. The van der Waals surface area contributed by atoms with Crippen molar-refractivity contribution in [3.05, 3.63) is 107 Å². The molecule has 0 saturated heterocycles. The van der Waals surface area contributed by atoms with Crippen LogP contribution in [0.15, 0.2) is 78.9 Å². The molecule has 0 bridgehead atoms. The van der Waals surface area contributed by atoms with Crippen molar-refractivity contribution in [2.24, 2.45) is 0 Å². The molecule has 184 valence electrons. The average Bonchev–Trinajstić information content (AvgIpc) is 3.18. The minimum atomic E-state index is -1.32. The largest absolute Gasteiger partial charge is 0.463 e. The zero-order chi connectivity index (χ0) is 26.1. The van der Waals surface area contributed by atoms with Gasteiger partial charge in [0, 0.05) is 10.9 Å². The Morgan fingerprint density at radius 1 is 0.865 bits per heavy atom. The van der Waals surface area contributed by atoms with E-state index in [-0.39, 0.29) is 29.0 Å². The summed E-state index contributed by atoms with van der Waals surface area (Å²) >= 11 is 0. The third-order valence-corrected chi connectivity index (χ3v) is 6.10. The Morgan fingerprint density at radius 2 is 1.51 bits per heavy atom. The summed E-state index contributed by atoms with van der Waals surface area (Å²) in [7, 11) is 0. The standard InChI is InChI=1S/C29H22N2O6/c1-3-36-29(35)25(18-11-5-4-6-12-18)37-28(34)20-14-8-10-16-22(20)31-26(32)23-17(2)30-21-15-9-7-13-19(21)24(23)27(31)33/h4-16,25H,3H2,1-2H3/t25-/m1/s1. The van der Waals surface area contributed by atoms with Gasteiger partial charge in [-0.3, -0.25) is 14.6 Å². The van der Waals surface area contributed by atoms with Crippen LogP contribution in [0.1, 0.15) is 55.4 Å². The highest BCUT2D eigenvalue weighted by Gasteiger charge is 2.42. The first-order valence-electron chi connectivity index (χ1n) is 11.7. The maximum atomic E-state index is 13.6. The molecule has 1 aromatic heterocycles. The van der Waals surface area contributed by atoms with Crippen molar-refractivity contribution in [3.8, 4) is 0 Å². The van der Waals surface area contributed by atoms with Gasteiger partial charge in [-0.2, -0.15) is 0 Å². The first-order valence-corrected chi connectivity index (χ1v) is 11.7. The Kier molecular flexibility index (Phi) is 6.23. The molecule has 0 fully saturated rings. The summed E-state index contributed by atoms with van der Waals surface area (Å²) in [5, 5.41) is 0.551. The number of benzene rings is 3. The van der Waals surface area contributed by atoms with E-state index < -0.39 is 29.9 Å². The molecule has 1 atom stereocenters. The monoisotopic (exact) mass is 494 g/mol. The Balaban J connectivity index is 1.55. The van der Waals surface area contributed by atoms with Crippen molar-refractivity contribution in [1.29, 1.82) is 0 Å². The smallest absolute Gasteiger partial charge is 0.352 e. The second-order valence-electron chi connectivity index (χ2n) is 8.38. The molecular weight excluding hydrogens is 472 g/mol. The second kappa shape index (κ2) is 9.66. The highest BCUT2D eigenvalue weighted by molar-refractivity contribution is 6.38. The number of carbonyl (C=O) groups is 4. The van der Waals surface area contributed by atoms with E-state index in [0.29, 0.717) is 22.2 Å². The van der Waals surface area contributed by atoms with Gasteiger partial charge in [0.25, 0.3) is 11.8 Å². The minimum Gasteiger partial charge on any atom is -0.463 e. The van der Waals surface area contributed by atoms with Crippen LogP contribution in [0.4, 0.5) is 5.69 Å². The molecule has 0 aliphatic carbocycles. The molecule has 0 unspecified atom stereocenters. The molecule has 0 spiro atoms. The number of anilines is 1. The molecule has 0 radical (unpaired) electrons. The van der Waals surface area contributed by atoms with Gasteiger partial charge in [0.1, 0.15) is 0 Å². The number of imide groups is 1. The van der Waals surface area contributed by atoms with Crippen LogP contribution in [0, 0.1) is 6.92 Å². The summed E-state index contributed by atoms with van der Waals surface area (Å²) in [4.78, 5) is 58.6. The number of aromatic nitrogens is 1. The average molecular weight is 495 g/mol. The van der Waals surface area contributed by atoms with Gasteiger partial charge in [0.2, 0.25) is 6.10 Å². The summed E-state index contributed by atoms with van der Waals surface area (Å²) in [5.74, 6) is -2.75. The number of pyridine rings is 1. The number of rotatable bonds is 6. The van der Waals surface area contributed by atoms with Crippen molar-refractivity contribution in [2.45, 2.75) is 20.0 Å². The topological polar surface area (TPSA) is 103 Å². The molecule has 4 aromatic rings. The predicted octanol–water partition coefficient (Wildman–Crippen LogP) is 4.81. The fourth-order valence-corrected chi connectivity index (χ4v) is 4.46. The number of hydrogen-bond acceptors (Lipinski definition) is 7. The summed E-state index contributed by atoms with van der Waals surface area (Å²) in [6.45, 7) is 3.43. The molecule has 2 heterocycles. The molecule has 1 aliphatic rings. The maximum absolute atomic E-state index is 13.6. The fourth-order valence-electron chi connectivity index (χ4n) is 4.46. The first-order chi connectivity index (χ1) is 17.9. The van der Waals surface area contributed by atoms with Gasteiger partial charge in [0.15, 0.2) is 0 Å². The number of esters is 2. The van der Waals surface area contributed by atoms with Crippen LogP contribution >= 0.6 is 0 Å². The molecule has 8 heteroatoms. The summed E-state index contributed by atoms with van der Waals surface area (Å²) < 4.78 is 10.7. The highest BCUT2D eigenvalue weighted by atomic mass is 16.6. The lowest BCUT2D eigenvalue weighted by Gasteiger charge is -2.20. The van der Waals surface area contributed by atoms with Crippen molar-refractivity contribution in [1.82, 2.24) is 4.98 Å². The van der Waals surface area contributed by atoms with E-state index in [0.717, 1.165) is 4.90 Å².